The maximum Gasteiger partial charge on any atom is 0.258 e. The van der Waals surface area contributed by atoms with Crippen molar-refractivity contribution < 1.29 is 9.59 Å². The van der Waals surface area contributed by atoms with Crippen molar-refractivity contribution in [3.8, 4) is 0 Å². The van der Waals surface area contributed by atoms with Crippen LogP contribution in [0.5, 0.6) is 0 Å². The Hall–Kier alpha value is -3.49. The number of aromatic nitrogens is 4. The summed E-state index contributed by atoms with van der Waals surface area (Å²) < 4.78 is 0. The highest BCUT2D eigenvalue weighted by Crippen LogP contribution is 2.05. The number of nitrogens with zero attached hydrogens (tertiary/aromatic N) is 2. The molecule has 2 heterocycles. The lowest BCUT2D eigenvalue weighted by atomic mass is 10.1. The van der Waals surface area contributed by atoms with Crippen LogP contribution in [0.25, 0.3) is 10.9 Å². The summed E-state index contributed by atoms with van der Waals surface area (Å²) in [5.74, 6) is -0.363. The van der Waals surface area contributed by atoms with Crippen molar-refractivity contribution in [2.24, 2.45) is 0 Å². The number of amides is 2. The predicted molar refractivity (Wildman–Crippen MR) is 94.1 cm³/mol. The summed E-state index contributed by atoms with van der Waals surface area (Å²) in [4.78, 5) is 49.6. The van der Waals surface area contributed by atoms with Gasteiger partial charge in [-0.05, 0) is 12.1 Å². The Balaban J connectivity index is 1.71. The average Bonchev–Trinajstić information content (AvgIpc) is 3.12. The molecule has 9 nitrogen and oxygen atoms in total. The van der Waals surface area contributed by atoms with Crippen LogP contribution in [0.1, 0.15) is 18.4 Å². The maximum atomic E-state index is 12.4. The molecule has 0 fully saturated rings. The lowest BCUT2D eigenvalue weighted by Crippen LogP contribution is -2.47. The lowest BCUT2D eigenvalue weighted by molar-refractivity contribution is -0.128. The van der Waals surface area contributed by atoms with Crippen LogP contribution < -0.4 is 16.2 Å². The van der Waals surface area contributed by atoms with E-state index in [-0.39, 0.29) is 30.3 Å². The largest absolute Gasteiger partial charge is 0.348 e. The number of carbonyl (C=O) groups excluding carboxylic acids is 2. The third-order valence-electron chi connectivity index (χ3n) is 3.76. The van der Waals surface area contributed by atoms with Crippen molar-refractivity contribution in [1.82, 2.24) is 30.6 Å². The van der Waals surface area contributed by atoms with Gasteiger partial charge in [0.1, 0.15) is 11.9 Å². The fraction of sp³-hybridized carbons (Fsp3) is 0.235. The summed E-state index contributed by atoms with van der Waals surface area (Å²) >= 11 is 0. The summed E-state index contributed by atoms with van der Waals surface area (Å²) in [6, 6.07) is 6.19. The van der Waals surface area contributed by atoms with Gasteiger partial charge < -0.3 is 20.6 Å². The van der Waals surface area contributed by atoms with Crippen LogP contribution in [0.3, 0.4) is 0 Å². The van der Waals surface area contributed by atoms with Crippen molar-refractivity contribution in [1.29, 1.82) is 0 Å². The zero-order chi connectivity index (χ0) is 18.5. The summed E-state index contributed by atoms with van der Waals surface area (Å²) in [5, 5.41) is 5.78. The number of nitrogens with one attached hydrogen (secondary N) is 4. The molecule has 1 atom stereocenters. The highest BCUT2D eigenvalue weighted by molar-refractivity contribution is 5.87. The molecule has 0 spiro atoms. The smallest absolute Gasteiger partial charge is 0.258 e. The van der Waals surface area contributed by atoms with Gasteiger partial charge in [-0.2, -0.15) is 0 Å². The van der Waals surface area contributed by atoms with Gasteiger partial charge in [-0.3, -0.25) is 14.4 Å². The second-order valence-electron chi connectivity index (χ2n) is 5.78. The van der Waals surface area contributed by atoms with Gasteiger partial charge in [0.05, 0.1) is 23.8 Å². The standard InChI is InChI=1S/C17H18N6O3/c1-10(24)21-14(6-11-7-18-9-20-11)17(26)19-8-15-22-13-5-3-2-4-12(13)16(25)23-15/h2-5,7,9,14H,6,8H2,1H3,(H,18,20)(H,19,26)(H,21,24)(H,22,23,25)/t14-/m0/s1. The molecule has 0 aliphatic rings. The number of hydrogen-bond acceptors (Lipinski definition) is 5. The molecule has 4 N–H and O–H groups in total. The molecule has 3 rings (SSSR count). The fourth-order valence-electron chi connectivity index (χ4n) is 2.58. The molecule has 134 valence electrons. The van der Waals surface area contributed by atoms with Crippen LogP contribution in [0.2, 0.25) is 0 Å². The molecule has 9 heteroatoms. The number of rotatable bonds is 6. The normalized spacial score (nSPS) is 11.9. The van der Waals surface area contributed by atoms with Gasteiger partial charge in [-0.1, -0.05) is 12.1 Å². The first-order valence-electron chi connectivity index (χ1n) is 8.03. The molecule has 0 radical (unpaired) electrons. The molecular formula is C17H18N6O3. The van der Waals surface area contributed by atoms with Gasteiger partial charge in [0, 0.05) is 25.2 Å². The first-order chi connectivity index (χ1) is 12.5. The van der Waals surface area contributed by atoms with E-state index in [2.05, 4.69) is 30.6 Å². The highest BCUT2D eigenvalue weighted by Gasteiger charge is 2.20. The Labute approximate surface area is 148 Å². The molecule has 0 aliphatic carbocycles. The number of aromatic amines is 2. The Kier molecular flexibility index (Phi) is 5.07. The van der Waals surface area contributed by atoms with Crippen LogP contribution in [0.15, 0.2) is 41.6 Å². The van der Waals surface area contributed by atoms with E-state index in [0.29, 0.717) is 16.7 Å². The molecular weight excluding hydrogens is 336 g/mol. The number of hydrogen-bond donors (Lipinski definition) is 4. The minimum Gasteiger partial charge on any atom is -0.348 e. The van der Waals surface area contributed by atoms with Gasteiger partial charge in [-0.15, -0.1) is 0 Å². The van der Waals surface area contributed by atoms with Gasteiger partial charge in [0.2, 0.25) is 11.8 Å². The number of imidazole rings is 1. The number of fused-ring (bicyclic) bond motifs is 1. The minimum absolute atomic E-state index is 0.0397. The zero-order valence-corrected chi connectivity index (χ0v) is 14.1. The van der Waals surface area contributed by atoms with Crippen LogP contribution in [0, 0.1) is 0 Å². The monoisotopic (exact) mass is 354 g/mol. The van der Waals surface area contributed by atoms with Crippen LogP contribution in [0.4, 0.5) is 0 Å². The third kappa shape index (κ3) is 4.12. The summed E-state index contributed by atoms with van der Waals surface area (Å²) in [5.41, 5.74) is 1.00. The topological polar surface area (TPSA) is 133 Å². The third-order valence-corrected chi connectivity index (χ3v) is 3.76. The molecule has 2 amide bonds. The minimum atomic E-state index is -0.764. The molecule has 0 unspecified atom stereocenters. The van der Waals surface area contributed by atoms with E-state index in [4.69, 9.17) is 0 Å². The molecule has 3 aromatic rings. The van der Waals surface area contributed by atoms with E-state index in [1.165, 1.54) is 13.3 Å². The summed E-state index contributed by atoms with van der Waals surface area (Å²) in [7, 11) is 0. The van der Waals surface area contributed by atoms with E-state index >= 15 is 0 Å². The predicted octanol–water partition coefficient (Wildman–Crippen LogP) is 0.00980. The lowest BCUT2D eigenvalue weighted by Gasteiger charge is -2.16. The van der Waals surface area contributed by atoms with Crippen LogP contribution in [-0.2, 0) is 22.6 Å². The fourth-order valence-corrected chi connectivity index (χ4v) is 2.58. The van der Waals surface area contributed by atoms with Crippen molar-refractivity contribution in [2.75, 3.05) is 0 Å². The SMILES string of the molecule is CC(=O)N[C@@H](Cc1cnc[nH]1)C(=O)NCc1nc2ccccc2c(=O)[nH]1. The van der Waals surface area contributed by atoms with Gasteiger partial charge >= 0.3 is 0 Å². The second-order valence-corrected chi connectivity index (χ2v) is 5.78. The van der Waals surface area contributed by atoms with E-state index in [9.17, 15) is 14.4 Å². The molecule has 0 saturated heterocycles. The highest BCUT2D eigenvalue weighted by atomic mass is 16.2. The van der Waals surface area contributed by atoms with Gasteiger partial charge in [0.25, 0.3) is 5.56 Å². The molecule has 0 aliphatic heterocycles. The Morgan fingerprint density at radius 2 is 2.08 bits per heavy atom. The number of benzene rings is 1. The van der Waals surface area contributed by atoms with Crippen molar-refractivity contribution in [3.05, 3.63) is 58.7 Å². The van der Waals surface area contributed by atoms with Crippen molar-refractivity contribution >= 4 is 22.7 Å². The number of carbonyl (C=O) groups is 2. The first-order valence-corrected chi connectivity index (χ1v) is 8.03. The molecule has 0 saturated carbocycles. The second kappa shape index (κ2) is 7.60. The van der Waals surface area contributed by atoms with E-state index < -0.39 is 6.04 Å². The summed E-state index contributed by atoms with van der Waals surface area (Å²) in [6.07, 6.45) is 3.36. The van der Waals surface area contributed by atoms with Gasteiger partial charge in [0.15, 0.2) is 0 Å². The Bertz CT molecular complexity index is 980. The van der Waals surface area contributed by atoms with Crippen molar-refractivity contribution in [3.63, 3.8) is 0 Å². The molecule has 26 heavy (non-hydrogen) atoms. The van der Waals surface area contributed by atoms with Crippen molar-refractivity contribution in [2.45, 2.75) is 25.9 Å². The van der Waals surface area contributed by atoms with E-state index in [0.717, 1.165) is 5.69 Å². The Morgan fingerprint density at radius 1 is 1.27 bits per heavy atom. The Morgan fingerprint density at radius 3 is 2.81 bits per heavy atom. The van der Waals surface area contributed by atoms with E-state index in [1.54, 1.807) is 30.5 Å². The summed E-state index contributed by atoms with van der Waals surface area (Å²) in [6.45, 7) is 1.38. The van der Waals surface area contributed by atoms with Crippen LogP contribution >= 0.6 is 0 Å². The van der Waals surface area contributed by atoms with Crippen LogP contribution in [-0.4, -0.2) is 37.8 Å². The number of para-hydroxylation sites is 1. The number of H-pyrrole nitrogens is 2. The molecule has 1 aromatic carbocycles. The zero-order valence-electron chi connectivity index (χ0n) is 14.1. The average molecular weight is 354 g/mol. The quantitative estimate of drug-likeness (QED) is 0.495. The maximum absolute atomic E-state index is 12.4. The first kappa shape index (κ1) is 17.3. The molecule has 0 bridgehead atoms. The van der Waals surface area contributed by atoms with Gasteiger partial charge in [-0.25, -0.2) is 9.97 Å². The molecule has 2 aromatic heterocycles. The van der Waals surface area contributed by atoms with E-state index in [1.807, 2.05) is 0 Å².